The average molecular weight is 484 g/mol. The number of nitrogens with two attached hydrogens (primary N) is 1. The molecule has 1 amide bonds. The van der Waals surface area contributed by atoms with Crippen molar-refractivity contribution >= 4 is 27.6 Å². The fraction of sp³-hybridized carbons (Fsp3) is 0.273. The number of hydrogen-bond donors (Lipinski definition) is 3. The van der Waals surface area contributed by atoms with Crippen molar-refractivity contribution in [1.29, 1.82) is 0 Å². The number of carbonyl (C=O) groups is 1. The topological polar surface area (TPSA) is 154 Å². The number of aromatic nitrogens is 3. The van der Waals surface area contributed by atoms with Gasteiger partial charge in [0.25, 0.3) is 5.91 Å². The molecule has 2 aromatic heterocycles. The zero-order chi connectivity index (χ0) is 24.7. The van der Waals surface area contributed by atoms with E-state index in [1.807, 2.05) is 33.8 Å². The van der Waals surface area contributed by atoms with Gasteiger partial charge >= 0.3 is 10.2 Å². The number of fused-ring (bicyclic) bond motifs is 1. The van der Waals surface area contributed by atoms with E-state index < -0.39 is 15.7 Å². The van der Waals surface area contributed by atoms with E-state index in [0.29, 0.717) is 22.7 Å². The number of amidine groups is 1. The second-order valence-electron chi connectivity index (χ2n) is 8.60. The lowest BCUT2D eigenvalue weighted by Crippen LogP contribution is -2.48. The molecule has 1 aromatic carbocycles. The van der Waals surface area contributed by atoms with Crippen LogP contribution in [0, 0.1) is 13.8 Å². The Morgan fingerprint density at radius 3 is 2.71 bits per heavy atom. The number of carbonyl (C=O) groups excluding carboxylic acids is 1. The van der Waals surface area contributed by atoms with E-state index in [4.69, 9.17) is 10.5 Å². The van der Waals surface area contributed by atoms with Crippen LogP contribution in [-0.4, -0.2) is 47.1 Å². The van der Waals surface area contributed by atoms with Crippen LogP contribution in [0.4, 0.5) is 5.69 Å². The highest BCUT2D eigenvalue weighted by Gasteiger charge is 2.27. The van der Waals surface area contributed by atoms with Gasteiger partial charge in [0.2, 0.25) is 0 Å². The molecule has 0 fully saturated rings. The standard InChI is InChI=1S/C22H25N7O4S/c1-13-10-14(2)29(26-13)18-11-15(8-9-24-18)21(30)25-22(3,4)12-33-17-7-5-6-16-19(17)20(23)28-34(31,32)27-16/h5-11,27H,12H2,1-4H3,(H2,23,28)(H,25,30). The van der Waals surface area contributed by atoms with E-state index in [2.05, 4.69) is 24.5 Å². The molecule has 178 valence electrons. The second-order valence-corrected chi connectivity index (χ2v) is 9.94. The minimum absolute atomic E-state index is 0.0879. The first-order valence-electron chi connectivity index (χ1n) is 10.4. The molecule has 34 heavy (non-hydrogen) atoms. The van der Waals surface area contributed by atoms with Gasteiger partial charge in [-0.2, -0.15) is 13.5 Å². The molecule has 4 rings (SSSR count). The van der Waals surface area contributed by atoms with Crippen LogP contribution in [0.5, 0.6) is 5.75 Å². The minimum Gasteiger partial charge on any atom is -0.490 e. The SMILES string of the molecule is Cc1cc(C)n(-c2cc(C(=O)NC(C)(C)COc3cccc4c3C(N)=NS(=O)(=O)N4)ccn2)n1. The molecule has 12 heteroatoms. The highest BCUT2D eigenvalue weighted by atomic mass is 32.2. The molecule has 0 radical (unpaired) electrons. The summed E-state index contributed by atoms with van der Waals surface area (Å²) in [6.07, 6.45) is 1.56. The highest BCUT2D eigenvalue weighted by Crippen LogP contribution is 2.30. The summed E-state index contributed by atoms with van der Waals surface area (Å²) in [5.74, 6) is 0.419. The third-order valence-electron chi connectivity index (χ3n) is 5.01. The van der Waals surface area contributed by atoms with Crippen molar-refractivity contribution in [3.8, 4) is 11.6 Å². The Kier molecular flexibility index (Phi) is 5.77. The van der Waals surface area contributed by atoms with Gasteiger partial charge in [-0.05, 0) is 58.0 Å². The molecule has 0 aliphatic carbocycles. The van der Waals surface area contributed by atoms with Gasteiger partial charge in [0, 0.05) is 17.5 Å². The van der Waals surface area contributed by atoms with Gasteiger partial charge in [0.1, 0.15) is 12.4 Å². The Morgan fingerprint density at radius 2 is 2.00 bits per heavy atom. The Balaban J connectivity index is 1.48. The summed E-state index contributed by atoms with van der Waals surface area (Å²) in [6.45, 7) is 7.51. The normalized spacial score (nSPS) is 14.5. The van der Waals surface area contributed by atoms with Gasteiger partial charge in [0.15, 0.2) is 11.7 Å². The van der Waals surface area contributed by atoms with Crippen LogP contribution in [0.1, 0.15) is 41.2 Å². The number of anilines is 1. The molecule has 0 spiro atoms. The minimum atomic E-state index is -3.89. The number of hydrogen-bond acceptors (Lipinski definition) is 7. The quantitative estimate of drug-likeness (QED) is 0.483. The van der Waals surface area contributed by atoms with Gasteiger partial charge in [-0.1, -0.05) is 6.07 Å². The zero-order valence-electron chi connectivity index (χ0n) is 19.2. The molecule has 0 unspecified atom stereocenters. The maximum atomic E-state index is 13.0. The number of amides is 1. The van der Waals surface area contributed by atoms with E-state index in [-0.39, 0.29) is 24.0 Å². The van der Waals surface area contributed by atoms with E-state index in [1.54, 1.807) is 41.2 Å². The van der Waals surface area contributed by atoms with Crippen molar-refractivity contribution in [2.45, 2.75) is 33.2 Å². The van der Waals surface area contributed by atoms with Crippen LogP contribution in [-0.2, 0) is 10.2 Å². The predicted octanol–water partition coefficient (Wildman–Crippen LogP) is 1.85. The first-order chi connectivity index (χ1) is 15.9. The summed E-state index contributed by atoms with van der Waals surface area (Å²) >= 11 is 0. The van der Waals surface area contributed by atoms with Crippen LogP contribution in [0.15, 0.2) is 47.0 Å². The van der Waals surface area contributed by atoms with Crippen LogP contribution in [0.3, 0.4) is 0 Å². The summed E-state index contributed by atoms with van der Waals surface area (Å²) in [7, 11) is -3.89. The van der Waals surface area contributed by atoms with Gasteiger partial charge < -0.3 is 15.8 Å². The number of nitrogens with zero attached hydrogens (tertiary/aromatic N) is 4. The average Bonchev–Trinajstić information content (AvgIpc) is 3.09. The van der Waals surface area contributed by atoms with Crippen molar-refractivity contribution < 1.29 is 17.9 Å². The first kappa shape index (κ1) is 23.2. The molecule has 0 saturated heterocycles. The molecule has 0 atom stereocenters. The van der Waals surface area contributed by atoms with Gasteiger partial charge in [-0.15, -0.1) is 4.40 Å². The predicted molar refractivity (Wildman–Crippen MR) is 128 cm³/mol. The number of nitrogens with one attached hydrogen (secondary N) is 2. The van der Waals surface area contributed by atoms with E-state index in [9.17, 15) is 13.2 Å². The number of aryl methyl sites for hydroxylation is 2. The van der Waals surface area contributed by atoms with Gasteiger partial charge in [0.05, 0.1) is 22.5 Å². The lowest BCUT2D eigenvalue weighted by Gasteiger charge is -2.27. The lowest BCUT2D eigenvalue weighted by atomic mass is 10.1. The van der Waals surface area contributed by atoms with Crippen LogP contribution in [0.25, 0.3) is 5.82 Å². The molecule has 11 nitrogen and oxygen atoms in total. The molecular weight excluding hydrogens is 458 g/mol. The number of benzene rings is 1. The van der Waals surface area contributed by atoms with E-state index >= 15 is 0 Å². The summed E-state index contributed by atoms with van der Waals surface area (Å²) in [4.78, 5) is 17.3. The van der Waals surface area contributed by atoms with Gasteiger partial charge in [-0.3, -0.25) is 9.52 Å². The third kappa shape index (κ3) is 4.86. The molecule has 1 aliphatic heterocycles. The molecule has 1 aliphatic rings. The monoisotopic (exact) mass is 483 g/mol. The lowest BCUT2D eigenvalue weighted by molar-refractivity contribution is 0.0880. The van der Waals surface area contributed by atoms with Crippen molar-refractivity contribution in [2.24, 2.45) is 10.1 Å². The van der Waals surface area contributed by atoms with Crippen LogP contribution in [0.2, 0.25) is 0 Å². The maximum absolute atomic E-state index is 13.0. The summed E-state index contributed by atoms with van der Waals surface area (Å²) in [5.41, 5.74) is 7.90. The Morgan fingerprint density at radius 1 is 1.24 bits per heavy atom. The first-order valence-corrected chi connectivity index (χ1v) is 11.8. The molecule has 0 bridgehead atoms. The van der Waals surface area contributed by atoms with Crippen LogP contribution < -0.4 is 20.5 Å². The number of rotatable bonds is 6. The fourth-order valence-electron chi connectivity index (χ4n) is 3.55. The molecule has 4 N–H and O–H groups in total. The van der Waals surface area contributed by atoms with Crippen molar-refractivity contribution in [3.63, 3.8) is 0 Å². The molecule has 3 aromatic rings. The Labute approximate surface area is 197 Å². The third-order valence-corrected chi connectivity index (χ3v) is 5.93. The number of pyridine rings is 1. The molecular formula is C22H25N7O4S. The van der Waals surface area contributed by atoms with Gasteiger partial charge in [-0.25, -0.2) is 9.67 Å². The Hall–Kier alpha value is -3.93. The zero-order valence-corrected chi connectivity index (χ0v) is 20.0. The Bertz CT molecular complexity index is 1410. The molecule has 3 heterocycles. The van der Waals surface area contributed by atoms with E-state index in [1.165, 1.54) is 0 Å². The van der Waals surface area contributed by atoms with Crippen molar-refractivity contribution in [2.75, 3.05) is 11.3 Å². The second kappa shape index (κ2) is 8.45. The van der Waals surface area contributed by atoms with Crippen molar-refractivity contribution in [3.05, 3.63) is 65.1 Å². The van der Waals surface area contributed by atoms with Crippen molar-refractivity contribution in [1.82, 2.24) is 20.1 Å². The summed E-state index contributed by atoms with van der Waals surface area (Å²) in [5, 5.41) is 7.36. The summed E-state index contributed by atoms with van der Waals surface area (Å²) < 4.78 is 36.9. The number of ether oxygens (including phenoxy) is 1. The fourth-order valence-corrected chi connectivity index (χ4v) is 4.39. The summed E-state index contributed by atoms with van der Waals surface area (Å²) in [6, 6.07) is 10.1. The maximum Gasteiger partial charge on any atom is 0.344 e. The smallest absolute Gasteiger partial charge is 0.344 e. The van der Waals surface area contributed by atoms with E-state index in [0.717, 1.165) is 11.4 Å². The largest absolute Gasteiger partial charge is 0.490 e. The molecule has 0 saturated carbocycles. The highest BCUT2D eigenvalue weighted by molar-refractivity contribution is 7.91. The van der Waals surface area contributed by atoms with Crippen LogP contribution >= 0.6 is 0 Å².